The second-order valence-corrected chi connectivity index (χ2v) is 6.78. The highest BCUT2D eigenvalue weighted by Crippen LogP contribution is 2.34. The first-order chi connectivity index (χ1) is 10.4. The molecule has 0 saturated heterocycles. The summed E-state index contributed by atoms with van der Waals surface area (Å²) in [7, 11) is 0. The molecule has 2 aromatic rings. The molecule has 110 valence electrons. The van der Waals surface area contributed by atoms with Crippen LogP contribution in [0.4, 0.5) is 0 Å². The molecular formula is C17H19NO2S. The molecule has 1 aliphatic heterocycles. The zero-order chi connectivity index (χ0) is 14.1. The van der Waals surface area contributed by atoms with Gasteiger partial charge in [0.15, 0.2) is 11.5 Å². The molecule has 0 radical (unpaired) electrons. The predicted octanol–water partition coefficient (Wildman–Crippen LogP) is 3.30. The minimum Gasteiger partial charge on any atom is -0.486 e. The Morgan fingerprint density at radius 3 is 3.00 bits per heavy atom. The molecule has 1 aromatic carbocycles. The second-order valence-electron chi connectivity index (χ2n) is 5.56. The summed E-state index contributed by atoms with van der Waals surface area (Å²) in [5.74, 6) is 1.78. The van der Waals surface area contributed by atoms with Gasteiger partial charge in [0, 0.05) is 28.4 Å². The summed E-state index contributed by atoms with van der Waals surface area (Å²) in [6, 6.07) is 8.49. The number of fused-ring (bicyclic) bond motifs is 2. The number of hydrogen-bond acceptors (Lipinski definition) is 4. The Balaban J connectivity index is 1.40. The van der Waals surface area contributed by atoms with Crippen LogP contribution in [0.2, 0.25) is 0 Å². The number of nitrogens with one attached hydrogen (secondary N) is 1. The molecule has 1 aliphatic carbocycles. The number of ether oxygens (including phenoxy) is 2. The lowest BCUT2D eigenvalue weighted by molar-refractivity contribution is 0.169. The van der Waals surface area contributed by atoms with Crippen molar-refractivity contribution in [2.45, 2.75) is 32.4 Å². The van der Waals surface area contributed by atoms with Gasteiger partial charge in [-0.05, 0) is 37.0 Å². The van der Waals surface area contributed by atoms with Crippen molar-refractivity contribution >= 4 is 11.3 Å². The summed E-state index contributed by atoms with van der Waals surface area (Å²) < 4.78 is 11.4. The highest BCUT2D eigenvalue weighted by Gasteiger charge is 2.16. The molecule has 2 heterocycles. The number of hydrogen-bond donors (Lipinski definition) is 1. The van der Waals surface area contributed by atoms with Gasteiger partial charge in [0.25, 0.3) is 0 Å². The van der Waals surface area contributed by atoms with Crippen LogP contribution < -0.4 is 14.8 Å². The molecule has 4 rings (SSSR count). The summed E-state index contributed by atoms with van der Waals surface area (Å²) in [4.78, 5) is 3.04. The number of rotatable bonds is 4. The van der Waals surface area contributed by atoms with E-state index in [9.17, 15) is 0 Å². The number of aryl methyl sites for hydroxylation is 2. The lowest BCUT2D eigenvalue weighted by Gasteiger charge is -2.21. The van der Waals surface area contributed by atoms with Crippen LogP contribution in [0.25, 0.3) is 0 Å². The molecular weight excluding hydrogens is 282 g/mol. The summed E-state index contributed by atoms with van der Waals surface area (Å²) in [5, 5.41) is 3.53. The normalized spacial score (nSPS) is 16.0. The average Bonchev–Trinajstić information content (AvgIpc) is 3.09. The van der Waals surface area contributed by atoms with Crippen molar-refractivity contribution in [2.24, 2.45) is 0 Å². The fraction of sp³-hybridized carbons (Fsp3) is 0.412. The first-order valence-corrected chi connectivity index (χ1v) is 8.40. The Bertz CT molecular complexity index is 629. The van der Waals surface area contributed by atoms with Gasteiger partial charge in [-0.3, -0.25) is 0 Å². The molecule has 0 unspecified atom stereocenters. The van der Waals surface area contributed by atoms with E-state index in [0.717, 1.165) is 24.6 Å². The maximum absolute atomic E-state index is 5.74. The third-order valence-corrected chi connectivity index (χ3v) is 5.30. The second kappa shape index (κ2) is 5.70. The maximum atomic E-state index is 5.74. The molecule has 1 aromatic heterocycles. The molecule has 2 aliphatic rings. The summed E-state index contributed by atoms with van der Waals surface area (Å²) in [6.45, 7) is 3.03. The van der Waals surface area contributed by atoms with Crippen LogP contribution >= 0.6 is 11.3 Å². The van der Waals surface area contributed by atoms with Gasteiger partial charge in [-0.15, -0.1) is 11.3 Å². The summed E-state index contributed by atoms with van der Waals surface area (Å²) in [6.07, 6.45) is 3.88. The quantitative estimate of drug-likeness (QED) is 0.940. The third-order valence-electron chi connectivity index (χ3n) is 4.06. The van der Waals surface area contributed by atoms with E-state index in [1.165, 1.54) is 29.7 Å². The standard InChI is InChI=1S/C17H19NO2S/c1-4-13(17-15(5-1)19-7-8-20-17)10-18-11-14-9-12-3-2-6-16(12)21-14/h1,4-5,9,18H,2-3,6-8,10-11H2. The van der Waals surface area contributed by atoms with E-state index in [2.05, 4.69) is 17.4 Å². The van der Waals surface area contributed by atoms with Crippen LogP contribution in [-0.2, 0) is 25.9 Å². The van der Waals surface area contributed by atoms with Crippen molar-refractivity contribution in [2.75, 3.05) is 13.2 Å². The van der Waals surface area contributed by atoms with Gasteiger partial charge in [0.05, 0.1) is 0 Å². The van der Waals surface area contributed by atoms with Gasteiger partial charge < -0.3 is 14.8 Å². The predicted molar refractivity (Wildman–Crippen MR) is 84.3 cm³/mol. The van der Waals surface area contributed by atoms with Crippen LogP contribution in [-0.4, -0.2) is 13.2 Å². The Labute approximate surface area is 128 Å². The van der Waals surface area contributed by atoms with E-state index in [-0.39, 0.29) is 0 Å². The fourth-order valence-electron chi connectivity index (χ4n) is 3.07. The maximum Gasteiger partial charge on any atom is 0.165 e. The average molecular weight is 301 g/mol. The molecule has 1 N–H and O–H groups in total. The Hall–Kier alpha value is -1.52. The van der Waals surface area contributed by atoms with Gasteiger partial charge in [-0.2, -0.15) is 0 Å². The Kier molecular flexibility index (Phi) is 3.57. The van der Waals surface area contributed by atoms with Crippen LogP contribution in [0, 0.1) is 0 Å². The van der Waals surface area contributed by atoms with Gasteiger partial charge in [-0.1, -0.05) is 12.1 Å². The molecule has 0 spiro atoms. The lowest BCUT2D eigenvalue weighted by atomic mass is 10.1. The number of para-hydroxylation sites is 1. The van der Waals surface area contributed by atoms with E-state index in [1.807, 2.05) is 23.5 Å². The van der Waals surface area contributed by atoms with Crippen molar-refractivity contribution < 1.29 is 9.47 Å². The minimum absolute atomic E-state index is 0.641. The van der Waals surface area contributed by atoms with E-state index in [0.29, 0.717) is 13.2 Å². The molecule has 0 bridgehead atoms. The van der Waals surface area contributed by atoms with Crippen molar-refractivity contribution in [3.05, 3.63) is 45.1 Å². The van der Waals surface area contributed by atoms with Gasteiger partial charge in [-0.25, -0.2) is 0 Å². The highest BCUT2D eigenvalue weighted by atomic mass is 32.1. The SMILES string of the molecule is c1cc(CNCc2cc3c(s2)CCC3)c2c(c1)OCCO2. The largest absolute Gasteiger partial charge is 0.486 e. The summed E-state index contributed by atoms with van der Waals surface area (Å²) >= 11 is 1.97. The van der Waals surface area contributed by atoms with Gasteiger partial charge >= 0.3 is 0 Å². The molecule has 3 nitrogen and oxygen atoms in total. The highest BCUT2D eigenvalue weighted by molar-refractivity contribution is 7.12. The third kappa shape index (κ3) is 2.65. The first kappa shape index (κ1) is 13.2. The fourth-order valence-corrected chi connectivity index (χ4v) is 4.30. The molecule has 0 saturated carbocycles. The molecule has 0 atom stereocenters. The van der Waals surface area contributed by atoms with E-state index >= 15 is 0 Å². The van der Waals surface area contributed by atoms with E-state index in [1.54, 1.807) is 10.4 Å². The van der Waals surface area contributed by atoms with E-state index in [4.69, 9.17) is 9.47 Å². The van der Waals surface area contributed by atoms with Crippen LogP contribution in [0.15, 0.2) is 24.3 Å². The zero-order valence-electron chi connectivity index (χ0n) is 12.0. The van der Waals surface area contributed by atoms with Crippen LogP contribution in [0.5, 0.6) is 11.5 Å². The Morgan fingerprint density at radius 1 is 1.10 bits per heavy atom. The molecule has 4 heteroatoms. The first-order valence-electron chi connectivity index (χ1n) is 7.59. The van der Waals surface area contributed by atoms with E-state index < -0.39 is 0 Å². The lowest BCUT2D eigenvalue weighted by Crippen LogP contribution is -2.19. The zero-order valence-corrected chi connectivity index (χ0v) is 12.8. The number of benzene rings is 1. The minimum atomic E-state index is 0.641. The van der Waals surface area contributed by atoms with Crippen molar-refractivity contribution in [1.29, 1.82) is 0 Å². The van der Waals surface area contributed by atoms with Crippen LogP contribution in [0.1, 0.15) is 27.3 Å². The number of thiophene rings is 1. The Morgan fingerprint density at radius 2 is 2.05 bits per heavy atom. The topological polar surface area (TPSA) is 30.5 Å². The summed E-state index contributed by atoms with van der Waals surface area (Å²) in [5.41, 5.74) is 2.75. The van der Waals surface area contributed by atoms with Crippen molar-refractivity contribution in [1.82, 2.24) is 5.32 Å². The molecule has 21 heavy (non-hydrogen) atoms. The molecule has 0 fully saturated rings. The van der Waals surface area contributed by atoms with Crippen molar-refractivity contribution in [3.8, 4) is 11.5 Å². The van der Waals surface area contributed by atoms with Gasteiger partial charge in [0.2, 0.25) is 0 Å². The van der Waals surface area contributed by atoms with Crippen molar-refractivity contribution in [3.63, 3.8) is 0 Å². The molecule has 0 amide bonds. The van der Waals surface area contributed by atoms with Gasteiger partial charge in [0.1, 0.15) is 13.2 Å². The smallest absolute Gasteiger partial charge is 0.165 e. The van der Waals surface area contributed by atoms with Crippen LogP contribution in [0.3, 0.4) is 0 Å². The monoisotopic (exact) mass is 301 g/mol.